The lowest BCUT2D eigenvalue weighted by atomic mass is 10.0. The van der Waals surface area contributed by atoms with Crippen LogP contribution in [0.4, 0.5) is 0 Å². The summed E-state index contributed by atoms with van der Waals surface area (Å²) in [5.74, 6) is -1.20. The molecule has 0 fully saturated rings. The van der Waals surface area contributed by atoms with Crippen LogP contribution in [0.2, 0.25) is 0 Å². The van der Waals surface area contributed by atoms with E-state index >= 15 is 0 Å². The van der Waals surface area contributed by atoms with E-state index in [1.807, 2.05) is 5.38 Å². The lowest BCUT2D eigenvalue weighted by Gasteiger charge is -2.06. The third kappa shape index (κ3) is 3.89. The topological polar surface area (TPSA) is 79.3 Å². The van der Waals surface area contributed by atoms with Crippen molar-refractivity contribution in [1.29, 1.82) is 0 Å². The van der Waals surface area contributed by atoms with Gasteiger partial charge in [-0.2, -0.15) is 0 Å². The quantitative estimate of drug-likeness (QED) is 0.849. The van der Waals surface area contributed by atoms with Gasteiger partial charge in [0.1, 0.15) is 0 Å². The minimum Gasteiger partial charge on any atom is -0.478 e. The molecule has 0 unspecified atom stereocenters. The van der Waals surface area contributed by atoms with Crippen LogP contribution in [0.15, 0.2) is 35.2 Å². The van der Waals surface area contributed by atoms with Gasteiger partial charge in [-0.15, -0.1) is 11.3 Å². The van der Waals surface area contributed by atoms with Crippen molar-refractivity contribution in [1.82, 2.24) is 10.3 Å². The number of thiazole rings is 1. The van der Waals surface area contributed by atoms with Gasteiger partial charge in [0.05, 0.1) is 23.2 Å². The molecule has 0 atom stereocenters. The predicted molar refractivity (Wildman–Crippen MR) is 75.9 cm³/mol. The molecule has 0 saturated carbocycles. The second kappa shape index (κ2) is 6.81. The fourth-order valence-electron chi connectivity index (χ4n) is 1.81. The van der Waals surface area contributed by atoms with Crippen LogP contribution < -0.4 is 5.32 Å². The number of carbonyl (C=O) groups is 2. The Hall–Kier alpha value is -2.21. The smallest absolute Gasteiger partial charge is 0.335 e. The van der Waals surface area contributed by atoms with Gasteiger partial charge in [0.15, 0.2) is 0 Å². The van der Waals surface area contributed by atoms with Crippen molar-refractivity contribution in [3.8, 4) is 0 Å². The fraction of sp³-hybridized carbons (Fsp3) is 0.214. The summed E-state index contributed by atoms with van der Waals surface area (Å²) in [7, 11) is 0. The molecule has 0 spiro atoms. The molecular formula is C14H14N2O3S. The molecule has 2 rings (SSSR count). The van der Waals surface area contributed by atoms with E-state index in [0.29, 0.717) is 18.5 Å². The van der Waals surface area contributed by atoms with Crippen molar-refractivity contribution in [3.63, 3.8) is 0 Å². The average molecular weight is 290 g/mol. The normalized spacial score (nSPS) is 10.2. The molecule has 0 aliphatic carbocycles. The minimum atomic E-state index is -1.02. The highest BCUT2D eigenvalue weighted by molar-refractivity contribution is 7.07. The van der Waals surface area contributed by atoms with Gasteiger partial charge >= 0.3 is 5.97 Å². The molecule has 1 aromatic heterocycles. The van der Waals surface area contributed by atoms with Crippen molar-refractivity contribution < 1.29 is 14.7 Å². The summed E-state index contributed by atoms with van der Waals surface area (Å²) in [5, 5.41) is 13.7. The number of rotatable bonds is 6. The largest absolute Gasteiger partial charge is 0.478 e. The number of aromatic nitrogens is 1. The van der Waals surface area contributed by atoms with Gasteiger partial charge in [-0.1, -0.05) is 18.2 Å². The maximum absolute atomic E-state index is 11.8. The number of carboxylic acids is 1. The minimum absolute atomic E-state index is 0.0690. The number of aromatic carboxylic acids is 1. The Bertz CT molecular complexity index is 596. The number of nitrogens with one attached hydrogen (secondary N) is 1. The van der Waals surface area contributed by atoms with Crippen molar-refractivity contribution >= 4 is 23.2 Å². The van der Waals surface area contributed by atoms with E-state index in [1.54, 1.807) is 23.7 Å². The van der Waals surface area contributed by atoms with Crippen LogP contribution in [0.3, 0.4) is 0 Å². The van der Waals surface area contributed by atoms with E-state index in [1.165, 1.54) is 17.4 Å². The first kappa shape index (κ1) is 14.2. The summed E-state index contributed by atoms with van der Waals surface area (Å²) in [4.78, 5) is 27.0. The average Bonchev–Trinajstić information content (AvgIpc) is 2.92. The Labute approximate surface area is 120 Å². The Morgan fingerprint density at radius 3 is 2.80 bits per heavy atom. The highest BCUT2D eigenvalue weighted by Crippen LogP contribution is 2.09. The third-order valence-corrected chi connectivity index (χ3v) is 3.42. The lowest BCUT2D eigenvalue weighted by Crippen LogP contribution is -2.27. The third-order valence-electron chi connectivity index (χ3n) is 2.79. The molecule has 2 N–H and O–H groups in total. The molecule has 6 heteroatoms. The molecule has 0 aliphatic heterocycles. The first-order chi connectivity index (χ1) is 9.66. The zero-order chi connectivity index (χ0) is 14.4. The van der Waals surface area contributed by atoms with E-state index < -0.39 is 5.97 Å². The van der Waals surface area contributed by atoms with E-state index in [4.69, 9.17) is 5.11 Å². The Balaban J connectivity index is 1.87. The summed E-state index contributed by atoms with van der Waals surface area (Å²) in [6.45, 7) is 0.498. The van der Waals surface area contributed by atoms with E-state index in [-0.39, 0.29) is 17.9 Å². The van der Waals surface area contributed by atoms with Gasteiger partial charge in [-0.3, -0.25) is 4.79 Å². The van der Waals surface area contributed by atoms with Gasteiger partial charge < -0.3 is 10.4 Å². The number of nitrogens with zero attached hydrogens (tertiary/aromatic N) is 1. The summed E-state index contributed by atoms with van der Waals surface area (Å²) >= 11 is 1.52. The number of benzene rings is 1. The molecule has 1 amide bonds. The SMILES string of the molecule is O=C(Cc1ccccc1C(=O)O)NCCc1cscn1. The molecule has 2 aromatic rings. The van der Waals surface area contributed by atoms with Crippen LogP contribution in [-0.4, -0.2) is 28.5 Å². The zero-order valence-corrected chi connectivity index (χ0v) is 11.5. The summed E-state index contributed by atoms with van der Waals surface area (Å²) < 4.78 is 0. The lowest BCUT2D eigenvalue weighted by molar-refractivity contribution is -0.120. The van der Waals surface area contributed by atoms with E-state index in [2.05, 4.69) is 10.3 Å². The molecule has 0 radical (unpaired) electrons. The monoisotopic (exact) mass is 290 g/mol. The van der Waals surface area contributed by atoms with E-state index in [9.17, 15) is 9.59 Å². The second-order valence-electron chi connectivity index (χ2n) is 4.22. The number of carbonyl (C=O) groups excluding carboxylic acids is 1. The first-order valence-electron chi connectivity index (χ1n) is 6.12. The maximum Gasteiger partial charge on any atom is 0.335 e. The van der Waals surface area contributed by atoms with Crippen molar-refractivity contribution in [2.24, 2.45) is 0 Å². The van der Waals surface area contributed by atoms with Gasteiger partial charge in [-0.25, -0.2) is 9.78 Å². The highest BCUT2D eigenvalue weighted by Gasteiger charge is 2.12. The standard InChI is InChI=1S/C14H14N2O3S/c17-13(15-6-5-11-8-20-9-16-11)7-10-3-1-2-4-12(10)14(18)19/h1-4,8-9H,5-7H2,(H,15,17)(H,18,19). The first-order valence-corrected chi connectivity index (χ1v) is 7.06. The number of amides is 1. The number of carboxylic acid groups (broad SMARTS) is 1. The van der Waals surface area contributed by atoms with Gasteiger partial charge in [0.2, 0.25) is 5.91 Å². The number of hydrogen-bond donors (Lipinski definition) is 2. The van der Waals surface area contributed by atoms with Crippen LogP contribution in [0.5, 0.6) is 0 Å². The Kier molecular flexibility index (Phi) is 4.84. The maximum atomic E-state index is 11.8. The molecule has 0 bridgehead atoms. The number of hydrogen-bond acceptors (Lipinski definition) is 4. The Morgan fingerprint density at radius 2 is 2.10 bits per heavy atom. The van der Waals surface area contributed by atoms with Crippen LogP contribution in [0.1, 0.15) is 21.6 Å². The summed E-state index contributed by atoms with van der Waals surface area (Å²) in [5.41, 5.74) is 3.38. The van der Waals surface area contributed by atoms with Gasteiger partial charge in [-0.05, 0) is 11.6 Å². The molecule has 0 saturated heterocycles. The molecule has 20 heavy (non-hydrogen) atoms. The van der Waals surface area contributed by atoms with Crippen LogP contribution in [0, 0.1) is 0 Å². The molecule has 0 aliphatic rings. The summed E-state index contributed by atoms with van der Waals surface area (Å²) in [6, 6.07) is 6.53. The molecular weight excluding hydrogens is 276 g/mol. The van der Waals surface area contributed by atoms with E-state index in [0.717, 1.165) is 5.69 Å². The predicted octanol–water partition coefficient (Wildman–Crippen LogP) is 1.74. The van der Waals surface area contributed by atoms with Gasteiger partial charge in [0, 0.05) is 18.3 Å². The molecule has 1 heterocycles. The van der Waals surface area contributed by atoms with Crippen molar-refractivity contribution in [2.75, 3.05) is 6.54 Å². The van der Waals surface area contributed by atoms with Crippen LogP contribution >= 0.6 is 11.3 Å². The Morgan fingerprint density at radius 1 is 1.30 bits per heavy atom. The highest BCUT2D eigenvalue weighted by atomic mass is 32.1. The van der Waals surface area contributed by atoms with Crippen molar-refractivity contribution in [2.45, 2.75) is 12.8 Å². The molecule has 104 valence electrons. The molecule has 5 nitrogen and oxygen atoms in total. The zero-order valence-electron chi connectivity index (χ0n) is 10.7. The van der Waals surface area contributed by atoms with Crippen molar-refractivity contribution in [3.05, 3.63) is 52.0 Å². The summed E-state index contributed by atoms with van der Waals surface area (Å²) in [6.07, 6.45) is 0.745. The van der Waals surface area contributed by atoms with Crippen LogP contribution in [0.25, 0.3) is 0 Å². The second-order valence-corrected chi connectivity index (χ2v) is 4.94. The fourth-order valence-corrected chi connectivity index (χ4v) is 2.40. The van der Waals surface area contributed by atoms with Crippen LogP contribution in [-0.2, 0) is 17.6 Å². The molecule has 1 aromatic carbocycles. The van der Waals surface area contributed by atoms with Gasteiger partial charge in [0.25, 0.3) is 0 Å².